The minimum absolute atomic E-state index is 0.00509. The van der Waals surface area contributed by atoms with Crippen molar-refractivity contribution in [2.24, 2.45) is 21.7 Å². The van der Waals surface area contributed by atoms with Gasteiger partial charge >= 0.3 is 0 Å². The number of nitrogens with zero attached hydrogens (tertiary/aromatic N) is 17. The number of amides is 4. The molecule has 0 atom stereocenters. The van der Waals surface area contributed by atoms with E-state index in [2.05, 4.69) is 181 Å². The van der Waals surface area contributed by atoms with Crippen LogP contribution in [0.25, 0.3) is 4.85 Å². The highest BCUT2D eigenvalue weighted by Gasteiger charge is 2.30. The SMILES string of the molecule is CCONC(=O)c1ccc(C)c(Nc2nc(N(C)CC(C)(C)C)nc(N3CCCN(C)CC3)c2C#N)c1.CONC(=O)c1ccc(C)c(Nc2nc(N(C)CC(C)(C)C)c(C#N)c(N3CCCN(C)CC3)n2)c1.CONC(=O)c1ccc(C)c(Nc2nc(N(C)CC(C)(C)C)c(C#N)cc2F)c1.[C-]#[N+]c1cc(F)c(NCC(C)(C)C)nc1Nc1cc(C(=O)NOC)ccc1C. The van der Waals surface area contributed by atoms with Crippen molar-refractivity contribution in [3.63, 3.8) is 0 Å². The number of aryl methyl sites for hydroxylation is 4. The summed E-state index contributed by atoms with van der Waals surface area (Å²) in [6.45, 7) is 51.8. The van der Waals surface area contributed by atoms with Gasteiger partial charge in [0.05, 0.1) is 40.1 Å². The Hall–Kier alpha value is -13.2. The lowest BCUT2D eigenvalue weighted by molar-refractivity contribution is 0.0364. The van der Waals surface area contributed by atoms with Crippen LogP contribution < -0.4 is 73.0 Å². The van der Waals surface area contributed by atoms with Crippen LogP contribution >= 0.6 is 0 Å². The average Bonchev–Trinajstić information content (AvgIpc) is 1.04. The lowest BCUT2D eigenvalue weighted by Gasteiger charge is -2.30. The summed E-state index contributed by atoms with van der Waals surface area (Å²) in [5, 5.41) is 45.5. The van der Waals surface area contributed by atoms with Gasteiger partial charge < -0.3 is 60.9 Å². The number of nitriles is 3. The molecule has 2 fully saturated rings. The number of hydroxylamine groups is 4. The first-order valence-electron chi connectivity index (χ1n) is 42.7. The maximum Gasteiger partial charge on any atom is 0.274 e. The monoisotopic (exact) mass is 1790 g/mol. The van der Waals surface area contributed by atoms with Crippen molar-refractivity contribution < 1.29 is 47.3 Å². The molecule has 0 spiro atoms. The van der Waals surface area contributed by atoms with Crippen LogP contribution in [-0.2, 0) is 19.4 Å². The zero-order valence-corrected chi connectivity index (χ0v) is 79.8. The van der Waals surface area contributed by atoms with E-state index < -0.39 is 23.4 Å². The first-order chi connectivity index (χ1) is 61.2. The number of nitrogens with one attached hydrogen (secondary N) is 9. The molecule has 2 saturated heterocycles. The van der Waals surface area contributed by atoms with Gasteiger partial charge in [0.2, 0.25) is 17.6 Å². The quantitative estimate of drug-likeness (QED) is 0.0170. The van der Waals surface area contributed by atoms with Gasteiger partial charge in [-0.2, -0.15) is 35.7 Å². The Morgan fingerprint density at radius 2 is 0.869 bits per heavy atom. The maximum absolute atomic E-state index is 14.6. The molecular formula is C94H128F2N26O8. The Kier molecular flexibility index (Phi) is 37.7. The smallest absolute Gasteiger partial charge is 0.274 e. The molecule has 0 aliphatic carbocycles. The van der Waals surface area contributed by atoms with Crippen LogP contribution in [0.3, 0.4) is 0 Å². The van der Waals surface area contributed by atoms with Crippen LogP contribution in [0.2, 0.25) is 0 Å². The van der Waals surface area contributed by atoms with E-state index >= 15 is 0 Å². The lowest BCUT2D eigenvalue weighted by Crippen LogP contribution is -2.33. The summed E-state index contributed by atoms with van der Waals surface area (Å²) in [6.07, 6.45) is 1.97. The number of halogens is 2. The summed E-state index contributed by atoms with van der Waals surface area (Å²) in [5.74, 6) is 1.08. The summed E-state index contributed by atoms with van der Waals surface area (Å²) in [7, 11) is 14.1. The van der Waals surface area contributed by atoms with Crippen LogP contribution in [0, 0.1) is 102 Å². The molecule has 4 aromatic carbocycles. The maximum atomic E-state index is 14.6. The van der Waals surface area contributed by atoms with Crippen molar-refractivity contribution in [2.75, 3.05) is 193 Å². The highest BCUT2D eigenvalue weighted by atomic mass is 19.1. The van der Waals surface area contributed by atoms with Crippen LogP contribution in [-0.4, -0.2) is 205 Å². The lowest BCUT2D eigenvalue weighted by atomic mass is 9.96. The number of likely N-dealkylation sites (N-methyl/N-ethyl adjacent to an activating group) is 2. The third-order valence-electron chi connectivity index (χ3n) is 20.0. The third kappa shape index (κ3) is 31.1. The van der Waals surface area contributed by atoms with E-state index in [1.165, 1.54) is 27.4 Å². The second kappa shape index (κ2) is 47.2. The minimum Gasteiger partial charge on any atom is -0.367 e. The summed E-state index contributed by atoms with van der Waals surface area (Å²) in [5.41, 5.74) is 17.8. The second-order valence-corrected chi connectivity index (χ2v) is 36.8. The Bertz CT molecular complexity index is 5450. The molecule has 0 saturated carbocycles. The molecule has 0 bridgehead atoms. The molecule has 34 nitrogen and oxygen atoms in total. The van der Waals surface area contributed by atoms with E-state index in [-0.39, 0.29) is 62.2 Å². The molecule has 2 aliphatic rings. The van der Waals surface area contributed by atoms with Crippen molar-refractivity contribution in [3.05, 3.63) is 169 Å². The minimum atomic E-state index is -0.652. The number of pyridine rings is 2. The fourth-order valence-corrected chi connectivity index (χ4v) is 13.8. The first kappa shape index (κ1) is 104. The average molecular weight is 1790 g/mol. The topological polar surface area (TPSA) is 389 Å². The van der Waals surface area contributed by atoms with Crippen molar-refractivity contribution in [3.8, 4) is 18.2 Å². The van der Waals surface area contributed by atoms with Crippen molar-refractivity contribution in [2.45, 2.75) is 131 Å². The highest BCUT2D eigenvalue weighted by Crippen LogP contribution is 2.38. The molecule has 8 aromatic rings. The van der Waals surface area contributed by atoms with E-state index in [0.717, 1.165) is 100 Å². The predicted molar refractivity (Wildman–Crippen MR) is 508 cm³/mol. The number of hydrogen-bond donors (Lipinski definition) is 9. The highest BCUT2D eigenvalue weighted by molar-refractivity contribution is 5.97. The molecular weight excluding hydrogens is 1660 g/mol. The fraction of sp³-hybridized carbons (Fsp3) is 0.468. The third-order valence-corrected chi connectivity index (χ3v) is 20.0. The molecule has 130 heavy (non-hydrogen) atoms. The molecule has 4 amide bonds. The van der Waals surface area contributed by atoms with Gasteiger partial charge in [-0.15, -0.1) is 0 Å². The molecule has 36 heteroatoms. The molecule has 6 heterocycles. The molecule has 0 unspecified atom stereocenters. The van der Waals surface area contributed by atoms with Gasteiger partial charge in [-0.25, -0.2) is 45.5 Å². The number of rotatable bonds is 27. The molecule has 2 aliphatic heterocycles. The number of carbonyl (C=O) groups is 4. The predicted octanol–water partition coefficient (Wildman–Crippen LogP) is 15.5. The van der Waals surface area contributed by atoms with Gasteiger partial charge in [-0.3, -0.25) is 38.5 Å². The molecule has 9 N–H and O–H groups in total. The Labute approximate surface area is 763 Å². The van der Waals surface area contributed by atoms with E-state index in [1.54, 1.807) is 67.6 Å². The number of carbonyl (C=O) groups excluding carboxylic acids is 4. The Balaban J connectivity index is 0.000000239. The van der Waals surface area contributed by atoms with Gasteiger partial charge in [-0.1, -0.05) is 107 Å². The van der Waals surface area contributed by atoms with Crippen molar-refractivity contribution in [1.82, 2.24) is 61.6 Å². The van der Waals surface area contributed by atoms with Gasteiger partial charge in [-0.05, 0) is 179 Å². The van der Waals surface area contributed by atoms with Crippen LogP contribution in [0.1, 0.15) is 183 Å². The zero-order valence-electron chi connectivity index (χ0n) is 79.8. The van der Waals surface area contributed by atoms with E-state index in [9.17, 15) is 43.7 Å². The first-order valence-corrected chi connectivity index (χ1v) is 42.7. The van der Waals surface area contributed by atoms with Crippen molar-refractivity contribution >= 4 is 111 Å². The van der Waals surface area contributed by atoms with Crippen LogP contribution in [0.15, 0.2) is 84.9 Å². The van der Waals surface area contributed by atoms with Crippen LogP contribution in [0.4, 0.5) is 95.7 Å². The molecule has 4 aromatic heterocycles. The molecule has 0 radical (unpaired) electrons. The number of hydrogen-bond acceptors (Lipinski definition) is 29. The number of aromatic nitrogens is 6. The van der Waals surface area contributed by atoms with Gasteiger partial charge in [0.1, 0.15) is 41.0 Å². The zero-order chi connectivity index (χ0) is 96.3. The van der Waals surface area contributed by atoms with Gasteiger partial charge in [0.15, 0.2) is 46.5 Å². The molecule has 10 rings (SSSR count). The summed E-state index contributed by atoms with van der Waals surface area (Å²) >= 11 is 0. The largest absolute Gasteiger partial charge is 0.367 e. The van der Waals surface area contributed by atoms with Crippen molar-refractivity contribution in [1.29, 1.82) is 15.8 Å². The Morgan fingerprint density at radius 1 is 0.462 bits per heavy atom. The Morgan fingerprint density at radius 3 is 1.28 bits per heavy atom. The normalized spacial score (nSPS) is 13.0. The molecule has 696 valence electrons. The fourth-order valence-electron chi connectivity index (χ4n) is 13.8. The van der Waals surface area contributed by atoms with Crippen LogP contribution in [0.5, 0.6) is 0 Å². The number of anilines is 14. The second-order valence-electron chi connectivity index (χ2n) is 36.8. The van der Waals surface area contributed by atoms with E-state index in [0.29, 0.717) is 123 Å². The number of benzene rings is 4. The van der Waals surface area contributed by atoms with E-state index in [4.69, 9.17) is 36.2 Å². The summed E-state index contributed by atoms with van der Waals surface area (Å²) in [6, 6.07) is 29.7. The van der Waals surface area contributed by atoms with Gasteiger partial charge in [0, 0.05) is 132 Å². The summed E-state index contributed by atoms with van der Waals surface area (Å²) in [4.78, 5) is 114. The standard InChI is InChI=1S/C27H40N8O2.C26H38N8O2.C21H26FN5O2.C20H24FN5O2/c1-8-37-32-25(36)20-11-10-19(2)22(16-20)29-23-21(17-28)24(35-13-9-12-33(6)14-15-35)31-26(30-23)34(7)18-27(3,4)5;1-18-9-10-19(24(35)31-36-7)15-21(18)28-25-29-22(33(6)17-26(2,3)4)20(16-27)23(30-25)34-12-8-11-32(5)13-14-34;1-13-7-8-14(20(28)26-29-6)10-17(13)24-18-16(22)9-15(11-23)19(25-18)27(5)12-21(2,3)4;1-12-7-8-13(19(27)26-28-6)9-15(12)24-18-16(22-5)10-14(21)17(25-18)23-11-20(2,3)4/h10-11,16H,8-9,12-15,18H2,1-7H3,(H,32,36)(H,29,30,31);9-10,15H,8,11-14,17H2,1-7H3,(H,31,35)(H,28,29,30);7-10H,12H2,1-6H3,(H,24,25)(H,26,28);7-10H,11H2,1-4,6H3,(H,26,27)(H2,23,24,25). The van der Waals surface area contributed by atoms with E-state index in [1.807, 2.05) is 103 Å². The summed E-state index contributed by atoms with van der Waals surface area (Å²) < 4.78 is 28.9. The van der Waals surface area contributed by atoms with Gasteiger partial charge in [0.25, 0.3) is 23.6 Å².